The molecule has 0 amide bonds. The molecule has 0 aliphatic rings. The van der Waals surface area contributed by atoms with Crippen LogP contribution in [0.15, 0.2) is 12.1 Å². The molecule has 0 atom stereocenters. The molecule has 3 N–H and O–H groups in total. The molecule has 2 aromatic rings. The van der Waals surface area contributed by atoms with E-state index in [9.17, 15) is 4.39 Å². The molecule has 0 radical (unpaired) electrons. The maximum Gasteiger partial charge on any atom is 0.204 e. The minimum absolute atomic E-state index is 0.00208. The molecule has 0 fully saturated rings. The van der Waals surface area contributed by atoms with Crippen molar-refractivity contribution in [1.82, 2.24) is 20.6 Å². The van der Waals surface area contributed by atoms with Crippen molar-refractivity contribution in [2.75, 3.05) is 0 Å². The van der Waals surface area contributed by atoms with Crippen LogP contribution in [0.4, 0.5) is 4.39 Å². The van der Waals surface area contributed by atoms with Gasteiger partial charge in [0.15, 0.2) is 0 Å². The van der Waals surface area contributed by atoms with Gasteiger partial charge in [0.05, 0.1) is 5.02 Å². The minimum atomic E-state index is -0.508. The quantitative estimate of drug-likeness (QED) is 0.806. The highest BCUT2D eigenvalue weighted by Gasteiger charge is 2.11. The fourth-order valence-corrected chi connectivity index (χ4v) is 1.45. The number of hydrogen-bond acceptors (Lipinski definition) is 4. The Labute approximate surface area is 89.4 Å². The third kappa shape index (κ3) is 1.81. The smallest absolute Gasteiger partial charge is 0.204 e. The van der Waals surface area contributed by atoms with Gasteiger partial charge in [-0.1, -0.05) is 11.6 Å². The zero-order valence-corrected chi connectivity index (χ0v) is 8.29. The van der Waals surface area contributed by atoms with Gasteiger partial charge >= 0.3 is 0 Å². The van der Waals surface area contributed by atoms with E-state index < -0.39 is 5.82 Å². The Balaban J connectivity index is 2.55. The van der Waals surface area contributed by atoms with Crippen molar-refractivity contribution in [1.29, 1.82) is 0 Å². The molecule has 0 spiro atoms. The maximum absolute atomic E-state index is 13.3. The Kier molecular flexibility index (Phi) is 2.61. The van der Waals surface area contributed by atoms with E-state index in [0.717, 1.165) is 0 Å². The number of aromatic nitrogens is 4. The van der Waals surface area contributed by atoms with Crippen LogP contribution in [-0.2, 0) is 6.54 Å². The Bertz CT molecular complexity index is 470. The normalized spacial score (nSPS) is 10.6. The molecule has 1 heterocycles. The zero-order chi connectivity index (χ0) is 10.8. The minimum Gasteiger partial charge on any atom is -0.326 e. The Hall–Kier alpha value is -1.53. The van der Waals surface area contributed by atoms with Gasteiger partial charge in [0.2, 0.25) is 5.82 Å². The summed E-state index contributed by atoms with van der Waals surface area (Å²) in [5.74, 6) is -0.155. The second-order valence-corrected chi connectivity index (χ2v) is 3.28. The van der Waals surface area contributed by atoms with Gasteiger partial charge in [-0.2, -0.15) is 5.21 Å². The molecule has 5 nitrogen and oxygen atoms in total. The number of nitrogens with one attached hydrogen (secondary N) is 1. The predicted octanol–water partition coefficient (Wildman–Crippen LogP) is 1.12. The second kappa shape index (κ2) is 3.92. The highest BCUT2D eigenvalue weighted by molar-refractivity contribution is 6.31. The van der Waals surface area contributed by atoms with Crippen LogP contribution in [0.2, 0.25) is 5.02 Å². The first-order chi connectivity index (χ1) is 7.22. The molecule has 0 saturated carbocycles. The molecule has 78 valence electrons. The Morgan fingerprint density at radius 1 is 1.47 bits per heavy atom. The van der Waals surface area contributed by atoms with Gasteiger partial charge in [-0.3, -0.25) is 0 Å². The van der Waals surface area contributed by atoms with Gasteiger partial charge in [0.25, 0.3) is 0 Å². The van der Waals surface area contributed by atoms with Crippen molar-refractivity contribution in [2.45, 2.75) is 6.54 Å². The molecule has 1 aromatic carbocycles. The van der Waals surface area contributed by atoms with E-state index in [1.165, 1.54) is 6.07 Å². The summed E-state index contributed by atoms with van der Waals surface area (Å²) >= 11 is 5.70. The predicted molar refractivity (Wildman–Crippen MR) is 52.5 cm³/mol. The van der Waals surface area contributed by atoms with E-state index >= 15 is 0 Å². The van der Waals surface area contributed by atoms with Crippen LogP contribution in [0.25, 0.3) is 11.4 Å². The van der Waals surface area contributed by atoms with Gasteiger partial charge in [0.1, 0.15) is 5.82 Å². The van der Waals surface area contributed by atoms with Gasteiger partial charge in [-0.05, 0) is 17.3 Å². The summed E-state index contributed by atoms with van der Waals surface area (Å²) in [4.78, 5) is 0. The molecule has 7 heteroatoms. The maximum atomic E-state index is 13.3. The van der Waals surface area contributed by atoms with E-state index in [1.54, 1.807) is 6.07 Å². The number of halogens is 2. The van der Waals surface area contributed by atoms with E-state index in [4.69, 9.17) is 17.3 Å². The molecule has 0 aliphatic carbocycles. The van der Waals surface area contributed by atoms with Gasteiger partial charge in [-0.15, -0.1) is 10.2 Å². The third-order valence-corrected chi connectivity index (χ3v) is 2.20. The highest BCUT2D eigenvalue weighted by Crippen LogP contribution is 2.25. The molecule has 0 aliphatic heterocycles. The first kappa shape index (κ1) is 10.0. The van der Waals surface area contributed by atoms with Crippen molar-refractivity contribution in [2.24, 2.45) is 5.73 Å². The summed E-state index contributed by atoms with van der Waals surface area (Å²) < 4.78 is 13.3. The summed E-state index contributed by atoms with van der Waals surface area (Å²) in [7, 11) is 0. The van der Waals surface area contributed by atoms with Crippen LogP contribution >= 0.6 is 11.6 Å². The van der Waals surface area contributed by atoms with Crippen molar-refractivity contribution >= 4 is 11.6 Å². The Morgan fingerprint density at radius 3 is 2.87 bits per heavy atom. The molecular weight excluding hydrogens is 221 g/mol. The van der Waals surface area contributed by atoms with E-state index in [0.29, 0.717) is 17.0 Å². The SMILES string of the molecule is NCc1cc(-c2nn[nH]n2)cc(Cl)c1F. The van der Waals surface area contributed by atoms with Crippen LogP contribution in [-0.4, -0.2) is 20.6 Å². The standard InChI is InChI=1S/C8H7ClFN5/c9-6-2-4(8-12-14-15-13-8)1-5(3-11)7(6)10/h1-2H,3,11H2,(H,12,13,14,15). The molecule has 0 bridgehead atoms. The van der Waals surface area contributed by atoms with Crippen LogP contribution in [0.5, 0.6) is 0 Å². The summed E-state index contributed by atoms with van der Waals surface area (Å²) in [6.07, 6.45) is 0. The number of hydrogen-bond donors (Lipinski definition) is 2. The fourth-order valence-electron chi connectivity index (χ4n) is 1.21. The number of H-pyrrole nitrogens is 1. The first-order valence-corrected chi connectivity index (χ1v) is 4.52. The van der Waals surface area contributed by atoms with Crippen LogP contribution < -0.4 is 5.73 Å². The lowest BCUT2D eigenvalue weighted by molar-refractivity contribution is 0.611. The van der Waals surface area contributed by atoms with Crippen molar-refractivity contribution < 1.29 is 4.39 Å². The average Bonchev–Trinajstić information content (AvgIpc) is 2.75. The molecule has 0 unspecified atom stereocenters. The summed E-state index contributed by atoms with van der Waals surface area (Å²) in [6.45, 7) is 0.0667. The van der Waals surface area contributed by atoms with E-state index in [2.05, 4.69) is 20.6 Å². The van der Waals surface area contributed by atoms with E-state index in [1.807, 2.05) is 0 Å². The lowest BCUT2D eigenvalue weighted by Gasteiger charge is -2.03. The molecule has 15 heavy (non-hydrogen) atoms. The number of tetrazole rings is 1. The zero-order valence-electron chi connectivity index (χ0n) is 7.54. The summed E-state index contributed by atoms with van der Waals surface area (Å²) in [5, 5.41) is 13.2. The number of nitrogens with two attached hydrogens (primary N) is 1. The third-order valence-electron chi connectivity index (χ3n) is 1.93. The van der Waals surface area contributed by atoms with Gasteiger partial charge in [0, 0.05) is 17.7 Å². The first-order valence-electron chi connectivity index (χ1n) is 4.14. The van der Waals surface area contributed by atoms with Crippen LogP contribution in [0.3, 0.4) is 0 Å². The van der Waals surface area contributed by atoms with E-state index in [-0.39, 0.29) is 11.6 Å². The van der Waals surface area contributed by atoms with Gasteiger partial charge in [-0.25, -0.2) is 4.39 Å². The number of aromatic amines is 1. The van der Waals surface area contributed by atoms with Gasteiger partial charge < -0.3 is 5.73 Å². The molecule has 1 aromatic heterocycles. The van der Waals surface area contributed by atoms with Crippen molar-refractivity contribution in [3.8, 4) is 11.4 Å². The summed E-state index contributed by atoms with van der Waals surface area (Å²) in [5.41, 5.74) is 6.28. The number of rotatable bonds is 2. The number of nitrogens with zero attached hydrogens (tertiary/aromatic N) is 3. The van der Waals surface area contributed by atoms with Crippen LogP contribution in [0.1, 0.15) is 5.56 Å². The number of benzene rings is 1. The van der Waals surface area contributed by atoms with Crippen LogP contribution in [0, 0.1) is 5.82 Å². The summed E-state index contributed by atoms with van der Waals surface area (Å²) in [6, 6.07) is 2.98. The second-order valence-electron chi connectivity index (χ2n) is 2.87. The fraction of sp³-hybridized carbons (Fsp3) is 0.125. The monoisotopic (exact) mass is 227 g/mol. The largest absolute Gasteiger partial charge is 0.326 e. The highest BCUT2D eigenvalue weighted by atomic mass is 35.5. The molecular formula is C8H7ClFN5. The molecule has 2 rings (SSSR count). The molecule has 0 saturated heterocycles. The topological polar surface area (TPSA) is 80.5 Å². The Morgan fingerprint density at radius 2 is 2.27 bits per heavy atom. The lowest BCUT2D eigenvalue weighted by Crippen LogP contribution is -2.01. The lowest BCUT2D eigenvalue weighted by atomic mass is 10.1. The van der Waals surface area contributed by atoms with Crippen molar-refractivity contribution in [3.63, 3.8) is 0 Å². The van der Waals surface area contributed by atoms with Crippen molar-refractivity contribution in [3.05, 3.63) is 28.5 Å². The average molecular weight is 228 g/mol.